The van der Waals surface area contributed by atoms with Crippen LogP contribution in [0.5, 0.6) is 0 Å². The SMILES string of the molecule is CN(CCCC1CCCO1)S(=O)(=O)c1cccc(C(=O)N2CCNCC2)c1. The number of carbonyl (C=O) groups is 1. The normalized spacial score (nSPS) is 21.0. The van der Waals surface area contributed by atoms with Crippen LogP contribution >= 0.6 is 0 Å². The van der Waals surface area contributed by atoms with Crippen LogP contribution in [-0.4, -0.2) is 76.0 Å². The number of nitrogens with one attached hydrogen (secondary N) is 1. The van der Waals surface area contributed by atoms with Crippen molar-refractivity contribution in [2.45, 2.75) is 36.7 Å². The molecule has 0 bridgehead atoms. The molecule has 0 radical (unpaired) electrons. The Morgan fingerprint density at radius 1 is 1.33 bits per heavy atom. The van der Waals surface area contributed by atoms with Crippen LogP contribution in [0.4, 0.5) is 0 Å². The van der Waals surface area contributed by atoms with E-state index in [-0.39, 0.29) is 16.9 Å². The number of amides is 1. The van der Waals surface area contributed by atoms with Crippen molar-refractivity contribution < 1.29 is 17.9 Å². The predicted octanol–water partition coefficient (Wildman–Crippen LogP) is 1.31. The van der Waals surface area contributed by atoms with Crippen molar-refractivity contribution in [1.29, 1.82) is 0 Å². The first kappa shape index (κ1) is 20.3. The Bertz CT molecular complexity index is 741. The van der Waals surface area contributed by atoms with Gasteiger partial charge in [0.2, 0.25) is 10.0 Å². The minimum absolute atomic E-state index is 0.116. The van der Waals surface area contributed by atoms with Crippen molar-refractivity contribution in [3.05, 3.63) is 29.8 Å². The monoisotopic (exact) mass is 395 g/mol. The van der Waals surface area contributed by atoms with E-state index in [2.05, 4.69) is 5.32 Å². The average Bonchev–Trinajstić information content (AvgIpc) is 3.21. The second kappa shape index (κ2) is 9.14. The highest BCUT2D eigenvalue weighted by molar-refractivity contribution is 7.89. The lowest BCUT2D eigenvalue weighted by Crippen LogP contribution is -2.46. The number of nitrogens with zero attached hydrogens (tertiary/aromatic N) is 2. The van der Waals surface area contributed by atoms with Gasteiger partial charge in [-0.15, -0.1) is 0 Å². The van der Waals surface area contributed by atoms with E-state index in [9.17, 15) is 13.2 Å². The summed E-state index contributed by atoms with van der Waals surface area (Å²) in [6, 6.07) is 6.38. The third-order valence-electron chi connectivity index (χ3n) is 5.22. The van der Waals surface area contributed by atoms with Gasteiger partial charge in [0.1, 0.15) is 0 Å². The van der Waals surface area contributed by atoms with Crippen molar-refractivity contribution in [2.24, 2.45) is 0 Å². The number of rotatable bonds is 7. The van der Waals surface area contributed by atoms with Gasteiger partial charge in [-0.1, -0.05) is 6.07 Å². The lowest BCUT2D eigenvalue weighted by molar-refractivity contribution is 0.0735. The van der Waals surface area contributed by atoms with Crippen LogP contribution in [0, 0.1) is 0 Å². The smallest absolute Gasteiger partial charge is 0.253 e. The van der Waals surface area contributed by atoms with E-state index in [1.165, 1.54) is 10.4 Å². The van der Waals surface area contributed by atoms with Crippen LogP contribution in [0.3, 0.4) is 0 Å². The Morgan fingerprint density at radius 3 is 2.81 bits per heavy atom. The molecule has 2 heterocycles. The van der Waals surface area contributed by atoms with Gasteiger partial charge in [-0.3, -0.25) is 4.79 Å². The first-order valence-corrected chi connectivity index (χ1v) is 11.1. The van der Waals surface area contributed by atoms with Crippen LogP contribution in [0.15, 0.2) is 29.2 Å². The molecule has 2 aliphatic rings. The minimum Gasteiger partial charge on any atom is -0.378 e. The van der Waals surface area contributed by atoms with E-state index < -0.39 is 10.0 Å². The molecular weight excluding hydrogens is 366 g/mol. The fraction of sp³-hybridized carbons (Fsp3) is 0.632. The van der Waals surface area contributed by atoms with E-state index in [1.807, 2.05) is 0 Å². The summed E-state index contributed by atoms with van der Waals surface area (Å²) in [5.74, 6) is -0.116. The molecule has 1 N–H and O–H groups in total. The number of hydrogen-bond acceptors (Lipinski definition) is 5. The molecule has 3 rings (SSSR count). The topological polar surface area (TPSA) is 79.0 Å². The van der Waals surface area contributed by atoms with Crippen LogP contribution in [-0.2, 0) is 14.8 Å². The second-order valence-electron chi connectivity index (χ2n) is 7.17. The van der Waals surface area contributed by atoms with E-state index in [1.54, 1.807) is 30.1 Å². The number of piperazine rings is 1. The first-order chi connectivity index (χ1) is 13.0. The number of ether oxygens (including phenoxy) is 1. The van der Waals surface area contributed by atoms with Crippen LogP contribution in [0.2, 0.25) is 0 Å². The molecule has 0 aromatic heterocycles. The number of hydrogen-bond donors (Lipinski definition) is 1. The third-order valence-corrected chi connectivity index (χ3v) is 7.07. The summed E-state index contributed by atoms with van der Waals surface area (Å²) >= 11 is 0. The molecule has 0 aliphatic carbocycles. The fourth-order valence-corrected chi connectivity index (χ4v) is 4.81. The minimum atomic E-state index is -3.61. The average molecular weight is 396 g/mol. The Hall–Kier alpha value is -1.48. The summed E-state index contributed by atoms with van der Waals surface area (Å²) in [7, 11) is -2.02. The zero-order chi connectivity index (χ0) is 19.3. The van der Waals surface area contributed by atoms with Gasteiger partial charge in [-0.25, -0.2) is 12.7 Å². The highest BCUT2D eigenvalue weighted by Gasteiger charge is 2.24. The third kappa shape index (κ3) is 5.07. The number of benzene rings is 1. The van der Waals surface area contributed by atoms with Gasteiger partial charge >= 0.3 is 0 Å². The summed E-state index contributed by atoms with van der Waals surface area (Å²) in [5.41, 5.74) is 0.422. The van der Waals surface area contributed by atoms with Crippen LogP contribution < -0.4 is 5.32 Å². The Labute approximate surface area is 161 Å². The van der Waals surface area contributed by atoms with Crippen molar-refractivity contribution in [1.82, 2.24) is 14.5 Å². The molecule has 2 aliphatic heterocycles. The molecule has 2 saturated heterocycles. The molecule has 0 spiro atoms. The Balaban J connectivity index is 1.63. The van der Waals surface area contributed by atoms with Gasteiger partial charge < -0.3 is 15.0 Å². The molecule has 2 fully saturated rings. The van der Waals surface area contributed by atoms with E-state index >= 15 is 0 Å². The van der Waals surface area contributed by atoms with Gasteiger partial charge in [0.25, 0.3) is 5.91 Å². The lowest BCUT2D eigenvalue weighted by Gasteiger charge is -2.27. The quantitative estimate of drug-likeness (QED) is 0.753. The van der Waals surface area contributed by atoms with Gasteiger partial charge in [-0.05, 0) is 43.9 Å². The molecule has 1 unspecified atom stereocenters. The number of sulfonamides is 1. The molecule has 150 valence electrons. The standard InChI is InChI=1S/C19H29N3O4S/c1-21(11-3-6-17-7-4-14-26-17)27(24,25)18-8-2-5-16(15-18)19(23)22-12-9-20-10-13-22/h2,5,8,15,17,20H,3-4,6-7,9-14H2,1H3. The zero-order valence-corrected chi connectivity index (χ0v) is 16.7. The fourth-order valence-electron chi connectivity index (χ4n) is 3.55. The number of carbonyl (C=O) groups excluding carboxylic acids is 1. The zero-order valence-electron chi connectivity index (χ0n) is 15.9. The predicted molar refractivity (Wildman–Crippen MR) is 103 cm³/mol. The second-order valence-corrected chi connectivity index (χ2v) is 9.22. The van der Waals surface area contributed by atoms with Crippen LogP contribution in [0.25, 0.3) is 0 Å². The highest BCUT2D eigenvalue weighted by Crippen LogP contribution is 2.20. The maximum atomic E-state index is 12.9. The summed E-state index contributed by atoms with van der Waals surface area (Å²) in [4.78, 5) is 14.6. The lowest BCUT2D eigenvalue weighted by atomic mass is 10.1. The molecule has 1 aromatic rings. The largest absolute Gasteiger partial charge is 0.378 e. The van der Waals surface area contributed by atoms with Gasteiger partial charge in [0.05, 0.1) is 11.0 Å². The van der Waals surface area contributed by atoms with Crippen molar-refractivity contribution >= 4 is 15.9 Å². The van der Waals surface area contributed by atoms with Crippen molar-refractivity contribution in [3.8, 4) is 0 Å². The molecule has 0 saturated carbocycles. The maximum absolute atomic E-state index is 12.9. The molecule has 1 aromatic carbocycles. The Morgan fingerprint density at radius 2 is 2.11 bits per heavy atom. The molecule has 1 atom stereocenters. The molecule has 27 heavy (non-hydrogen) atoms. The first-order valence-electron chi connectivity index (χ1n) is 9.66. The van der Waals surface area contributed by atoms with Gasteiger partial charge in [0, 0.05) is 51.9 Å². The Kier molecular flexibility index (Phi) is 6.86. The van der Waals surface area contributed by atoms with E-state index in [4.69, 9.17) is 4.74 Å². The van der Waals surface area contributed by atoms with Crippen molar-refractivity contribution in [3.63, 3.8) is 0 Å². The van der Waals surface area contributed by atoms with Gasteiger partial charge in [0.15, 0.2) is 0 Å². The van der Waals surface area contributed by atoms with Crippen molar-refractivity contribution in [2.75, 3.05) is 46.4 Å². The van der Waals surface area contributed by atoms with E-state index in [0.29, 0.717) is 25.2 Å². The van der Waals surface area contributed by atoms with E-state index in [0.717, 1.165) is 45.4 Å². The molecular formula is C19H29N3O4S. The molecule has 1 amide bonds. The molecule has 8 heteroatoms. The van der Waals surface area contributed by atoms with Gasteiger partial charge in [-0.2, -0.15) is 0 Å². The summed E-state index contributed by atoms with van der Waals surface area (Å²) in [6.07, 6.45) is 4.06. The summed E-state index contributed by atoms with van der Waals surface area (Å²) in [6.45, 7) is 4.05. The highest BCUT2D eigenvalue weighted by atomic mass is 32.2. The molecule has 7 nitrogen and oxygen atoms in total. The van der Waals surface area contributed by atoms with Crippen LogP contribution in [0.1, 0.15) is 36.0 Å². The summed E-state index contributed by atoms with van der Waals surface area (Å²) < 4.78 is 32.7. The summed E-state index contributed by atoms with van der Waals surface area (Å²) in [5, 5.41) is 3.21. The maximum Gasteiger partial charge on any atom is 0.253 e.